The Labute approximate surface area is 282 Å². The standard InChI is InChI=1S/C47H35N/c1-47(2)41-27-15-26-38(34-16-5-3-6-17-34)46(41)40-30-39(35-18-7-4-8-19-35)45(31-42(40)47)48(43-28-13-22-32-20-9-11-24-36(32)43)44-29-14-23-33-21-10-12-25-37(33)44/h3-31H,1-2H3. The molecule has 0 radical (unpaired) electrons. The van der Waals surface area contributed by atoms with Crippen molar-refractivity contribution in [2.75, 3.05) is 4.90 Å². The van der Waals surface area contributed by atoms with E-state index in [1.165, 1.54) is 83.1 Å². The van der Waals surface area contributed by atoms with Crippen molar-refractivity contribution in [3.05, 3.63) is 187 Å². The molecule has 1 aliphatic carbocycles. The van der Waals surface area contributed by atoms with Crippen LogP contribution in [0.2, 0.25) is 0 Å². The third kappa shape index (κ3) is 4.39. The molecule has 8 aromatic carbocycles. The summed E-state index contributed by atoms with van der Waals surface area (Å²) in [5, 5.41) is 4.90. The van der Waals surface area contributed by atoms with E-state index in [2.05, 4.69) is 195 Å². The van der Waals surface area contributed by atoms with Gasteiger partial charge in [-0.05, 0) is 74.0 Å². The minimum Gasteiger partial charge on any atom is -0.309 e. The van der Waals surface area contributed by atoms with Crippen LogP contribution < -0.4 is 4.90 Å². The Balaban J connectivity index is 1.41. The molecule has 0 saturated heterocycles. The normalized spacial score (nSPS) is 13.0. The van der Waals surface area contributed by atoms with Gasteiger partial charge in [-0.25, -0.2) is 0 Å². The predicted molar refractivity (Wildman–Crippen MR) is 205 cm³/mol. The molecule has 9 rings (SSSR count). The van der Waals surface area contributed by atoms with Crippen LogP contribution in [0.4, 0.5) is 17.1 Å². The van der Waals surface area contributed by atoms with Crippen molar-refractivity contribution in [3.8, 4) is 33.4 Å². The maximum atomic E-state index is 2.52. The second-order valence-corrected chi connectivity index (χ2v) is 13.3. The van der Waals surface area contributed by atoms with E-state index in [0.717, 1.165) is 0 Å². The van der Waals surface area contributed by atoms with Crippen molar-refractivity contribution < 1.29 is 0 Å². The highest BCUT2D eigenvalue weighted by Crippen LogP contribution is 2.56. The summed E-state index contributed by atoms with van der Waals surface area (Å²) in [6.45, 7) is 4.77. The molecule has 0 amide bonds. The minimum atomic E-state index is -0.192. The number of nitrogens with zero attached hydrogens (tertiary/aromatic N) is 1. The van der Waals surface area contributed by atoms with Gasteiger partial charge < -0.3 is 4.90 Å². The summed E-state index contributed by atoms with van der Waals surface area (Å²) in [5.74, 6) is 0. The van der Waals surface area contributed by atoms with Crippen LogP contribution in [0.5, 0.6) is 0 Å². The molecule has 0 atom stereocenters. The van der Waals surface area contributed by atoms with Gasteiger partial charge in [0.05, 0.1) is 17.1 Å². The molecular weight excluding hydrogens is 579 g/mol. The zero-order valence-corrected chi connectivity index (χ0v) is 27.2. The second-order valence-electron chi connectivity index (χ2n) is 13.3. The first kappa shape index (κ1) is 28.3. The average Bonchev–Trinajstić information content (AvgIpc) is 3.37. The highest BCUT2D eigenvalue weighted by Gasteiger charge is 2.38. The molecule has 0 N–H and O–H groups in total. The number of hydrogen-bond donors (Lipinski definition) is 0. The van der Waals surface area contributed by atoms with Crippen molar-refractivity contribution in [2.24, 2.45) is 0 Å². The van der Waals surface area contributed by atoms with E-state index in [0.29, 0.717) is 0 Å². The molecule has 1 nitrogen and oxygen atoms in total. The van der Waals surface area contributed by atoms with Gasteiger partial charge in [0.1, 0.15) is 0 Å². The Morgan fingerprint density at radius 1 is 0.375 bits per heavy atom. The third-order valence-electron chi connectivity index (χ3n) is 10.2. The van der Waals surface area contributed by atoms with Gasteiger partial charge in [0.15, 0.2) is 0 Å². The summed E-state index contributed by atoms with van der Waals surface area (Å²) in [4.78, 5) is 2.52. The maximum Gasteiger partial charge on any atom is 0.0544 e. The molecule has 0 fully saturated rings. The van der Waals surface area contributed by atoms with Crippen LogP contribution in [0, 0.1) is 0 Å². The molecule has 0 spiro atoms. The van der Waals surface area contributed by atoms with Gasteiger partial charge in [-0.15, -0.1) is 0 Å². The van der Waals surface area contributed by atoms with Crippen molar-refractivity contribution >= 4 is 38.6 Å². The third-order valence-corrected chi connectivity index (χ3v) is 10.2. The van der Waals surface area contributed by atoms with Crippen molar-refractivity contribution in [3.63, 3.8) is 0 Å². The monoisotopic (exact) mass is 613 g/mol. The summed E-state index contributed by atoms with van der Waals surface area (Å²) in [7, 11) is 0. The fourth-order valence-corrected chi connectivity index (χ4v) is 7.91. The van der Waals surface area contributed by atoms with E-state index in [-0.39, 0.29) is 5.41 Å². The van der Waals surface area contributed by atoms with Gasteiger partial charge in [-0.3, -0.25) is 0 Å². The highest BCUT2D eigenvalue weighted by atomic mass is 15.1. The molecule has 1 heteroatoms. The molecule has 8 aromatic rings. The summed E-state index contributed by atoms with van der Waals surface area (Å²) < 4.78 is 0. The maximum absolute atomic E-state index is 2.52. The topological polar surface area (TPSA) is 3.24 Å². The van der Waals surface area contributed by atoms with Gasteiger partial charge >= 0.3 is 0 Å². The van der Waals surface area contributed by atoms with Crippen LogP contribution in [-0.2, 0) is 5.41 Å². The van der Waals surface area contributed by atoms with E-state index in [9.17, 15) is 0 Å². The largest absolute Gasteiger partial charge is 0.309 e. The Bertz CT molecular complexity index is 2380. The van der Waals surface area contributed by atoms with Crippen LogP contribution in [0.15, 0.2) is 176 Å². The lowest BCUT2D eigenvalue weighted by atomic mass is 9.81. The number of anilines is 3. The van der Waals surface area contributed by atoms with Gasteiger partial charge in [0, 0.05) is 21.8 Å². The highest BCUT2D eigenvalue weighted by molar-refractivity contribution is 6.07. The summed E-state index contributed by atoms with van der Waals surface area (Å²) in [5.41, 5.74) is 13.6. The molecule has 228 valence electrons. The van der Waals surface area contributed by atoms with E-state index >= 15 is 0 Å². The molecule has 0 saturated carbocycles. The Morgan fingerprint density at radius 2 is 0.875 bits per heavy atom. The lowest BCUT2D eigenvalue weighted by molar-refractivity contribution is 0.660. The molecule has 0 heterocycles. The molecule has 0 unspecified atom stereocenters. The van der Waals surface area contributed by atoms with Crippen LogP contribution in [0.25, 0.3) is 54.9 Å². The number of benzene rings is 8. The lowest BCUT2D eigenvalue weighted by Gasteiger charge is -2.32. The quantitative estimate of drug-likeness (QED) is 0.187. The lowest BCUT2D eigenvalue weighted by Crippen LogP contribution is -2.17. The van der Waals surface area contributed by atoms with Gasteiger partial charge in [0.25, 0.3) is 0 Å². The zero-order valence-electron chi connectivity index (χ0n) is 27.2. The van der Waals surface area contributed by atoms with Crippen molar-refractivity contribution in [2.45, 2.75) is 19.3 Å². The zero-order chi connectivity index (χ0) is 32.2. The number of rotatable bonds is 5. The van der Waals surface area contributed by atoms with Crippen LogP contribution in [0.1, 0.15) is 25.0 Å². The second kappa shape index (κ2) is 11.1. The van der Waals surface area contributed by atoms with Crippen LogP contribution in [-0.4, -0.2) is 0 Å². The first-order valence-corrected chi connectivity index (χ1v) is 16.8. The Hall–Kier alpha value is -5.92. The molecule has 0 aliphatic heterocycles. The first-order valence-electron chi connectivity index (χ1n) is 16.8. The van der Waals surface area contributed by atoms with Crippen molar-refractivity contribution in [1.29, 1.82) is 0 Å². The van der Waals surface area contributed by atoms with Crippen LogP contribution >= 0.6 is 0 Å². The number of fused-ring (bicyclic) bond motifs is 5. The SMILES string of the molecule is CC1(C)c2cc(N(c3cccc4ccccc34)c3cccc4ccccc34)c(-c3ccccc3)cc2-c2c(-c3ccccc3)cccc21. The first-order chi connectivity index (χ1) is 23.6. The molecule has 0 bridgehead atoms. The Kier molecular flexibility index (Phi) is 6.55. The summed E-state index contributed by atoms with van der Waals surface area (Å²) in [6, 6.07) is 64.4. The van der Waals surface area contributed by atoms with E-state index in [1.54, 1.807) is 0 Å². The van der Waals surface area contributed by atoms with E-state index in [1.807, 2.05) is 0 Å². The summed E-state index contributed by atoms with van der Waals surface area (Å²) in [6.07, 6.45) is 0. The predicted octanol–water partition coefficient (Wildman–Crippen LogP) is 13.1. The smallest absolute Gasteiger partial charge is 0.0544 e. The van der Waals surface area contributed by atoms with E-state index in [4.69, 9.17) is 0 Å². The van der Waals surface area contributed by atoms with Gasteiger partial charge in [-0.2, -0.15) is 0 Å². The average molecular weight is 614 g/mol. The van der Waals surface area contributed by atoms with Gasteiger partial charge in [-0.1, -0.05) is 166 Å². The van der Waals surface area contributed by atoms with E-state index < -0.39 is 0 Å². The molecule has 0 aromatic heterocycles. The molecular formula is C47H35N. The number of hydrogen-bond acceptors (Lipinski definition) is 1. The molecule has 48 heavy (non-hydrogen) atoms. The minimum absolute atomic E-state index is 0.192. The summed E-state index contributed by atoms with van der Waals surface area (Å²) >= 11 is 0. The fraction of sp³-hybridized carbons (Fsp3) is 0.0638. The van der Waals surface area contributed by atoms with Crippen molar-refractivity contribution in [1.82, 2.24) is 0 Å². The fourth-order valence-electron chi connectivity index (χ4n) is 7.91. The molecule has 1 aliphatic rings. The van der Waals surface area contributed by atoms with Gasteiger partial charge in [0.2, 0.25) is 0 Å². The Morgan fingerprint density at radius 3 is 1.48 bits per heavy atom. The van der Waals surface area contributed by atoms with Crippen LogP contribution in [0.3, 0.4) is 0 Å².